The van der Waals surface area contributed by atoms with E-state index >= 15 is 0 Å². The van der Waals surface area contributed by atoms with Crippen LogP contribution in [0.25, 0.3) is 16.7 Å². The Morgan fingerprint density at radius 2 is 1.81 bits per heavy atom. The highest BCUT2D eigenvalue weighted by Gasteiger charge is 2.27. The van der Waals surface area contributed by atoms with Crippen molar-refractivity contribution in [1.29, 1.82) is 0 Å². The third-order valence-corrected chi connectivity index (χ3v) is 6.75. The number of aromatic nitrogens is 4. The van der Waals surface area contributed by atoms with Crippen LogP contribution in [-0.2, 0) is 7.05 Å². The van der Waals surface area contributed by atoms with Crippen molar-refractivity contribution in [2.75, 3.05) is 23.3 Å². The molecule has 1 aliphatic rings. The van der Waals surface area contributed by atoms with Crippen LogP contribution in [0.15, 0.2) is 47.3 Å². The number of imidazole rings is 1. The number of para-hydroxylation sites is 1. The van der Waals surface area contributed by atoms with E-state index in [1.54, 1.807) is 0 Å². The predicted octanol–water partition coefficient (Wildman–Crippen LogP) is 4.62. The van der Waals surface area contributed by atoms with Gasteiger partial charge in [-0.1, -0.05) is 26.8 Å². The molecular weight excluding hydrogens is 478 g/mol. The molecule has 1 saturated heterocycles. The van der Waals surface area contributed by atoms with Gasteiger partial charge in [-0.25, -0.2) is 13.8 Å². The Balaban J connectivity index is 1.58. The molecule has 1 aliphatic heterocycles. The predicted molar refractivity (Wildman–Crippen MR) is 139 cm³/mol. The van der Waals surface area contributed by atoms with E-state index in [1.165, 1.54) is 12.1 Å². The molecule has 0 radical (unpaired) electrons. The maximum Gasteiger partial charge on any atom is 0.276 e. The topological polar surface area (TPSA) is 85.1 Å². The Labute approximate surface area is 212 Å². The summed E-state index contributed by atoms with van der Waals surface area (Å²) >= 11 is 0. The van der Waals surface area contributed by atoms with Gasteiger partial charge in [-0.2, -0.15) is 9.78 Å². The first kappa shape index (κ1) is 24.6. The molecule has 192 valence electrons. The molecule has 1 atom stereocenters. The minimum Gasteiger partial charge on any atom is -0.368 e. The van der Waals surface area contributed by atoms with E-state index in [4.69, 9.17) is 4.98 Å². The number of carbonyl (C=O) groups is 1. The molecule has 1 N–H and O–H groups in total. The lowest BCUT2D eigenvalue weighted by molar-refractivity contribution is 0.102. The van der Waals surface area contributed by atoms with E-state index in [9.17, 15) is 18.4 Å². The third-order valence-electron chi connectivity index (χ3n) is 6.75. The first-order valence-electron chi connectivity index (χ1n) is 12.3. The summed E-state index contributed by atoms with van der Waals surface area (Å²) in [6, 6.07) is 9.28. The van der Waals surface area contributed by atoms with Crippen LogP contribution >= 0.6 is 0 Å². The van der Waals surface area contributed by atoms with Gasteiger partial charge in [0.25, 0.3) is 11.5 Å². The molecule has 0 bridgehead atoms. The van der Waals surface area contributed by atoms with Gasteiger partial charge in [-0.3, -0.25) is 9.59 Å². The lowest BCUT2D eigenvalue weighted by Gasteiger charge is -2.22. The van der Waals surface area contributed by atoms with Crippen molar-refractivity contribution >= 4 is 28.3 Å². The van der Waals surface area contributed by atoms with Gasteiger partial charge in [0.2, 0.25) is 0 Å². The second kappa shape index (κ2) is 9.42. The fourth-order valence-electron chi connectivity index (χ4n) is 4.91. The average Bonchev–Trinajstić information content (AvgIpc) is 3.43. The van der Waals surface area contributed by atoms with Crippen LogP contribution in [0.1, 0.15) is 49.4 Å². The number of aryl methyl sites for hydroxylation is 1. The number of hydrogen-bond acceptors (Lipinski definition) is 5. The Kier molecular flexibility index (Phi) is 6.26. The fourth-order valence-corrected chi connectivity index (χ4v) is 4.91. The summed E-state index contributed by atoms with van der Waals surface area (Å²) in [7, 11) is 1.98. The van der Waals surface area contributed by atoms with Crippen LogP contribution in [0, 0.1) is 17.6 Å². The Bertz CT molecular complexity index is 1560. The number of carbonyl (C=O) groups excluding carboxylic acids is 1. The normalized spacial score (nSPS) is 15.6. The van der Waals surface area contributed by atoms with Crippen LogP contribution in [0.2, 0.25) is 0 Å². The van der Waals surface area contributed by atoms with Crippen molar-refractivity contribution in [3.63, 3.8) is 0 Å². The molecule has 5 rings (SSSR count). The zero-order chi connectivity index (χ0) is 26.4. The quantitative estimate of drug-likeness (QED) is 0.427. The van der Waals surface area contributed by atoms with E-state index < -0.39 is 28.8 Å². The molecule has 3 heterocycles. The number of anilines is 2. The van der Waals surface area contributed by atoms with Crippen molar-refractivity contribution in [1.82, 2.24) is 19.3 Å². The first-order chi connectivity index (χ1) is 17.7. The molecule has 0 saturated carbocycles. The molecule has 2 aromatic carbocycles. The van der Waals surface area contributed by atoms with Crippen LogP contribution < -0.4 is 15.8 Å². The number of nitrogens with zero attached hydrogens (tertiary/aromatic N) is 5. The lowest BCUT2D eigenvalue weighted by atomic mass is 10.1. The molecule has 10 heteroatoms. The summed E-state index contributed by atoms with van der Waals surface area (Å²) in [6.45, 7) is 8.00. The molecule has 0 unspecified atom stereocenters. The molecular formula is C27H28F2N6O2. The van der Waals surface area contributed by atoms with Gasteiger partial charge >= 0.3 is 0 Å². The van der Waals surface area contributed by atoms with Crippen molar-refractivity contribution in [3.8, 4) is 5.69 Å². The lowest BCUT2D eigenvalue weighted by Crippen LogP contribution is -2.27. The van der Waals surface area contributed by atoms with Crippen molar-refractivity contribution in [2.24, 2.45) is 13.0 Å². The Morgan fingerprint density at radius 1 is 1.08 bits per heavy atom. The summed E-state index contributed by atoms with van der Waals surface area (Å²) in [5, 5.41) is 6.88. The zero-order valence-corrected chi connectivity index (χ0v) is 21.1. The minimum atomic E-state index is -0.959. The molecule has 1 amide bonds. The summed E-state index contributed by atoms with van der Waals surface area (Å²) in [6.07, 6.45) is 1.02. The van der Waals surface area contributed by atoms with Crippen molar-refractivity contribution < 1.29 is 13.6 Å². The fraction of sp³-hybridized carbons (Fsp3) is 0.333. The highest BCUT2D eigenvalue weighted by atomic mass is 19.1. The average molecular weight is 507 g/mol. The van der Waals surface area contributed by atoms with Crippen LogP contribution in [-0.4, -0.2) is 38.3 Å². The second-order valence-electron chi connectivity index (χ2n) is 9.85. The van der Waals surface area contributed by atoms with Crippen molar-refractivity contribution in [2.45, 2.75) is 33.1 Å². The van der Waals surface area contributed by atoms with Crippen molar-refractivity contribution in [3.05, 3.63) is 76.0 Å². The number of benzene rings is 2. The van der Waals surface area contributed by atoms with Gasteiger partial charge in [0.15, 0.2) is 11.6 Å². The highest BCUT2D eigenvalue weighted by molar-refractivity contribution is 6.08. The molecule has 0 spiro atoms. The molecule has 4 aromatic rings. The number of amides is 1. The molecule has 37 heavy (non-hydrogen) atoms. The third kappa shape index (κ3) is 4.36. The summed E-state index contributed by atoms with van der Waals surface area (Å²) in [5.74, 6) is -0.887. The van der Waals surface area contributed by atoms with Gasteiger partial charge in [0.1, 0.15) is 22.7 Å². The van der Waals surface area contributed by atoms with Crippen LogP contribution in [0.4, 0.5) is 20.2 Å². The highest BCUT2D eigenvalue weighted by Crippen LogP contribution is 2.38. The number of hydrogen-bond donors (Lipinski definition) is 1. The number of rotatable bonds is 5. The van der Waals surface area contributed by atoms with E-state index in [0.717, 1.165) is 60.3 Å². The molecule has 0 aliphatic carbocycles. The minimum absolute atomic E-state index is 0.160. The summed E-state index contributed by atoms with van der Waals surface area (Å²) in [4.78, 5) is 32.8. The smallest absolute Gasteiger partial charge is 0.276 e. The number of nitrogens with one attached hydrogen (secondary N) is 1. The monoisotopic (exact) mass is 506 g/mol. The first-order valence-corrected chi connectivity index (χ1v) is 12.3. The van der Waals surface area contributed by atoms with Gasteiger partial charge in [0.05, 0.1) is 16.9 Å². The SMILES string of the molecule is CC(C)c1nc2c(N3CC[C@H](C)C3)c(NC(=O)c3ccc(=O)n(-c4c(F)cccc4F)n3)ccc2n1C. The van der Waals surface area contributed by atoms with Gasteiger partial charge in [-0.05, 0) is 42.7 Å². The molecule has 1 fully saturated rings. The zero-order valence-electron chi connectivity index (χ0n) is 21.1. The van der Waals surface area contributed by atoms with Gasteiger partial charge < -0.3 is 14.8 Å². The molecule has 2 aromatic heterocycles. The largest absolute Gasteiger partial charge is 0.368 e. The maximum absolute atomic E-state index is 14.3. The van der Waals surface area contributed by atoms with Crippen LogP contribution in [0.3, 0.4) is 0 Å². The van der Waals surface area contributed by atoms with Gasteiger partial charge in [0, 0.05) is 32.1 Å². The Hall–Kier alpha value is -4.08. The van der Waals surface area contributed by atoms with Gasteiger partial charge in [-0.15, -0.1) is 0 Å². The van der Waals surface area contributed by atoms with E-state index in [2.05, 4.69) is 40.7 Å². The second-order valence-corrected chi connectivity index (χ2v) is 9.85. The Morgan fingerprint density at radius 3 is 2.46 bits per heavy atom. The molecule has 8 nitrogen and oxygen atoms in total. The number of fused-ring (bicyclic) bond motifs is 1. The standard InChI is InChI=1S/C27H28F2N6O2/c1-15(2)26-31-23-21(33(26)4)10-8-19(25(23)34-13-12-16(3)14-34)30-27(37)20-9-11-22(36)35(32-20)24-17(28)6-5-7-18(24)29/h5-11,15-16H,12-14H2,1-4H3,(H,30,37)/t16-/m0/s1. The maximum atomic E-state index is 14.3. The summed E-state index contributed by atoms with van der Waals surface area (Å²) in [5.41, 5.74) is 1.57. The van der Waals surface area contributed by atoms with E-state index in [-0.39, 0.29) is 11.6 Å². The van der Waals surface area contributed by atoms with E-state index in [0.29, 0.717) is 16.3 Å². The number of halogens is 2. The van der Waals surface area contributed by atoms with E-state index in [1.807, 2.05) is 19.2 Å². The summed E-state index contributed by atoms with van der Waals surface area (Å²) < 4.78 is 31.3. The van der Waals surface area contributed by atoms with Crippen LogP contribution in [0.5, 0.6) is 0 Å².